The average Bonchev–Trinajstić information content (AvgIpc) is 2.46. The molecular weight excluding hydrogens is 252 g/mol. The molecule has 2 rings (SSSR count). The number of phenolic OH excluding ortho intramolecular Hbond substituents is 1. The molecule has 0 aliphatic rings. The molecule has 0 unspecified atom stereocenters. The number of hydrogen-bond donors (Lipinski definition) is 1. The first kappa shape index (κ1) is 13.8. The maximum Gasteiger partial charge on any atom is 0.223 e. The monoisotopic (exact) mass is 268 g/mol. The van der Waals surface area contributed by atoms with Gasteiger partial charge in [-0.3, -0.25) is 9.79 Å². The van der Waals surface area contributed by atoms with E-state index in [-0.39, 0.29) is 11.7 Å². The van der Waals surface area contributed by atoms with Crippen LogP contribution in [0.15, 0.2) is 53.5 Å². The molecule has 20 heavy (non-hydrogen) atoms. The van der Waals surface area contributed by atoms with Gasteiger partial charge in [-0.2, -0.15) is 0 Å². The zero-order valence-electron chi connectivity index (χ0n) is 11.4. The highest BCUT2D eigenvalue weighted by atomic mass is 16.3. The molecule has 4 heteroatoms. The molecule has 0 radical (unpaired) electrons. The number of carbonyl (C=O) groups is 1. The van der Waals surface area contributed by atoms with Gasteiger partial charge in [0.05, 0.1) is 5.69 Å². The van der Waals surface area contributed by atoms with Gasteiger partial charge in [0, 0.05) is 31.4 Å². The molecule has 2 aromatic carbocycles. The average molecular weight is 268 g/mol. The molecule has 0 fully saturated rings. The molecule has 0 aromatic heterocycles. The summed E-state index contributed by atoms with van der Waals surface area (Å²) in [6.45, 7) is 1.52. The van der Waals surface area contributed by atoms with Gasteiger partial charge >= 0.3 is 0 Å². The van der Waals surface area contributed by atoms with Crippen LogP contribution in [0.2, 0.25) is 0 Å². The Morgan fingerprint density at radius 3 is 2.40 bits per heavy atom. The van der Waals surface area contributed by atoms with Gasteiger partial charge < -0.3 is 10.0 Å². The van der Waals surface area contributed by atoms with Crippen LogP contribution >= 0.6 is 0 Å². The molecule has 0 aliphatic carbocycles. The van der Waals surface area contributed by atoms with Crippen LogP contribution in [0.5, 0.6) is 5.75 Å². The van der Waals surface area contributed by atoms with Crippen molar-refractivity contribution in [1.29, 1.82) is 0 Å². The Labute approximate surface area is 118 Å². The summed E-state index contributed by atoms with van der Waals surface area (Å²) in [5, 5.41) is 9.63. The summed E-state index contributed by atoms with van der Waals surface area (Å²) in [6, 6.07) is 14.3. The molecule has 0 spiro atoms. The van der Waals surface area contributed by atoms with Gasteiger partial charge in [0.1, 0.15) is 5.75 Å². The third-order valence-corrected chi connectivity index (χ3v) is 3.00. The number of aromatic hydroxyl groups is 1. The van der Waals surface area contributed by atoms with E-state index in [0.29, 0.717) is 5.56 Å². The van der Waals surface area contributed by atoms with Crippen molar-refractivity contribution in [3.05, 3.63) is 54.1 Å². The van der Waals surface area contributed by atoms with Gasteiger partial charge in [0.2, 0.25) is 5.91 Å². The summed E-state index contributed by atoms with van der Waals surface area (Å²) >= 11 is 0. The first-order chi connectivity index (χ1) is 9.58. The Bertz CT molecular complexity index is 633. The van der Waals surface area contributed by atoms with E-state index in [1.807, 2.05) is 30.3 Å². The number of aliphatic imine (C=N–C) groups is 1. The number of phenols is 1. The molecule has 1 N–H and O–H groups in total. The first-order valence-electron chi connectivity index (χ1n) is 6.24. The molecule has 2 aromatic rings. The number of carbonyl (C=O) groups excluding carboxylic acids is 1. The van der Waals surface area contributed by atoms with Gasteiger partial charge in [0.25, 0.3) is 0 Å². The predicted molar refractivity (Wildman–Crippen MR) is 80.9 cm³/mol. The lowest BCUT2D eigenvalue weighted by atomic mass is 10.2. The lowest BCUT2D eigenvalue weighted by molar-refractivity contribution is -0.116. The molecule has 0 heterocycles. The summed E-state index contributed by atoms with van der Waals surface area (Å²) in [6.07, 6.45) is 1.61. The summed E-state index contributed by atoms with van der Waals surface area (Å²) in [7, 11) is 1.72. The van der Waals surface area contributed by atoms with Crippen LogP contribution in [0, 0.1) is 0 Å². The van der Waals surface area contributed by atoms with Crippen molar-refractivity contribution in [2.45, 2.75) is 6.92 Å². The lowest BCUT2D eigenvalue weighted by Crippen LogP contribution is -2.22. The van der Waals surface area contributed by atoms with Crippen LogP contribution in [-0.4, -0.2) is 24.3 Å². The third-order valence-electron chi connectivity index (χ3n) is 3.00. The second-order valence-electron chi connectivity index (χ2n) is 4.41. The van der Waals surface area contributed by atoms with Gasteiger partial charge in [-0.05, 0) is 36.4 Å². The molecule has 102 valence electrons. The van der Waals surface area contributed by atoms with E-state index in [1.54, 1.807) is 36.4 Å². The van der Waals surface area contributed by atoms with Gasteiger partial charge in [-0.25, -0.2) is 0 Å². The second kappa shape index (κ2) is 6.02. The van der Waals surface area contributed by atoms with Crippen molar-refractivity contribution < 1.29 is 9.90 Å². The normalized spacial score (nSPS) is 10.7. The van der Waals surface area contributed by atoms with Crippen molar-refractivity contribution in [3.8, 4) is 5.75 Å². The number of rotatable bonds is 3. The maximum absolute atomic E-state index is 11.2. The van der Waals surface area contributed by atoms with Crippen molar-refractivity contribution in [2.75, 3.05) is 11.9 Å². The van der Waals surface area contributed by atoms with Gasteiger partial charge in [0.15, 0.2) is 0 Å². The Morgan fingerprint density at radius 1 is 1.15 bits per heavy atom. The van der Waals surface area contributed by atoms with E-state index in [1.165, 1.54) is 6.92 Å². The number of nitrogens with zero attached hydrogens (tertiary/aromatic N) is 2. The molecule has 0 atom stereocenters. The Balaban J connectivity index is 2.15. The van der Waals surface area contributed by atoms with E-state index in [4.69, 9.17) is 0 Å². The highest BCUT2D eigenvalue weighted by Gasteiger charge is 2.04. The van der Waals surface area contributed by atoms with E-state index < -0.39 is 0 Å². The fourth-order valence-electron chi connectivity index (χ4n) is 1.68. The van der Waals surface area contributed by atoms with E-state index in [2.05, 4.69) is 4.99 Å². The second-order valence-corrected chi connectivity index (χ2v) is 4.41. The minimum Gasteiger partial charge on any atom is -0.507 e. The predicted octanol–water partition coefficient (Wildman–Crippen LogP) is 3.13. The van der Waals surface area contributed by atoms with Crippen molar-refractivity contribution >= 4 is 23.5 Å². The zero-order chi connectivity index (χ0) is 14.5. The van der Waals surface area contributed by atoms with E-state index in [9.17, 15) is 9.90 Å². The van der Waals surface area contributed by atoms with Crippen LogP contribution < -0.4 is 4.90 Å². The van der Waals surface area contributed by atoms with Gasteiger partial charge in [-0.15, -0.1) is 0 Å². The molecule has 0 bridgehead atoms. The van der Waals surface area contributed by atoms with Crippen LogP contribution in [0.25, 0.3) is 0 Å². The number of para-hydroxylation sites is 1. The molecule has 0 saturated heterocycles. The minimum absolute atomic E-state index is 0.0181. The number of benzene rings is 2. The van der Waals surface area contributed by atoms with E-state index in [0.717, 1.165) is 11.4 Å². The molecule has 4 nitrogen and oxygen atoms in total. The number of amides is 1. The summed E-state index contributed by atoms with van der Waals surface area (Å²) in [4.78, 5) is 17.1. The van der Waals surface area contributed by atoms with Crippen molar-refractivity contribution in [2.24, 2.45) is 4.99 Å². The summed E-state index contributed by atoms with van der Waals surface area (Å²) in [5.41, 5.74) is 2.24. The largest absolute Gasteiger partial charge is 0.507 e. The minimum atomic E-state index is -0.0181. The highest BCUT2D eigenvalue weighted by Crippen LogP contribution is 2.20. The Morgan fingerprint density at radius 2 is 1.80 bits per heavy atom. The topological polar surface area (TPSA) is 52.9 Å². The number of anilines is 1. The van der Waals surface area contributed by atoms with Crippen LogP contribution in [0.3, 0.4) is 0 Å². The van der Waals surface area contributed by atoms with Crippen LogP contribution in [0.4, 0.5) is 11.4 Å². The number of hydrogen-bond acceptors (Lipinski definition) is 3. The Hall–Kier alpha value is -2.62. The molecular formula is C16H16N2O2. The molecule has 0 saturated carbocycles. The molecule has 1 amide bonds. The Kier molecular flexibility index (Phi) is 4.15. The fourth-order valence-corrected chi connectivity index (χ4v) is 1.68. The zero-order valence-corrected chi connectivity index (χ0v) is 11.4. The van der Waals surface area contributed by atoms with Crippen LogP contribution in [-0.2, 0) is 4.79 Å². The van der Waals surface area contributed by atoms with Crippen molar-refractivity contribution in [1.82, 2.24) is 0 Å². The maximum atomic E-state index is 11.2. The quantitative estimate of drug-likeness (QED) is 0.869. The lowest BCUT2D eigenvalue weighted by Gasteiger charge is -2.14. The van der Waals surface area contributed by atoms with Crippen molar-refractivity contribution in [3.63, 3.8) is 0 Å². The smallest absolute Gasteiger partial charge is 0.223 e. The van der Waals surface area contributed by atoms with E-state index >= 15 is 0 Å². The molecule has 0 aliphatic heterocycles. The fraction of sp³-hybridized carbons (Fsp3) is 0.125. The highest BCUT2D eigenvalue weighted by molar-refractivity contribution is 5.91. The SMILES string of the molecule is CC(=O)N(C)c1ccc(N=Cc2ccccc2O)cc1. The van der Waals surface area contributed by atoms with Crippen LogP contribution in [0.1, 0.15) is 12.5 Å². The third kappa shape index (κ3) is 3.23. The summed E-state index contributed by atoms with van der Waals surface area (Å²) in [5.74, 6) is 0.180. The summed E-state index contributed by atoms with van der Waals surface area (Å²) < 4.78 is 0. The first-order valence-corrected chi connectivity index (χ1v) is 6.24. The van der Waals surface area contributed by atoms with Gasteiger partial charge in [-0.1, -0.05) is 12.1 Å². The standard InChI is InChI=1S/C16H16N2O2/c1-12(19)18(2)15-9-7-14(8-10-15)17-11-13-5-3-4-6-16(13)20/h3-11,20H,1-2H3.